The highest BCUT2D eigenvalue weighted by atomic mass is 35.5. The molecular weight excluding hydrogens is 398 g/mol. The van der Waals surface area contributed by atoms with Crippen molar-refractivity contribution in [2.45, 2.75) is 24.8 Å². The number of halogens is 1. The third-order valence-electron chi connectivity index (χ3n) is 6.35. The molecule has 3 heterocycles. The number of carbonyl (C=O) groups is 1. The van der Waals surface area contributed by atoms with Crippen LogP contribution in [0.3, 0.4) is 0 Å². The molecule has 30 heavy (non-hydrogen) atoms. The molecule has 0 aliphatic carbocycles. The number of nitrogens with zero attached hydrogens (tertiary/aromatic N) is 4. The normalized spacial score (nSPS) is 22.2. The first kappa shape index (κ1) is 20.6. The topological polar surface area (TPSA) is 72.3 Å². The van der Waals surface area contributed by atoms with E-state index in [1.807, 2.05) is 30.1 Å². The second kappa shape index (κ2) is 9.03. The summed E-state index contributed by atoms with van der Waals surface area (Å²) in [5.74, 6) is 1.47. The minimum Gasteiger partial charge on any atom is -0.357 e. The van der Waals surface area contributed by atoms with Crippen LogP contribution in [-0.4, -0.2) is 55.1 Å². The molecule has 4 rings (SSSR count). The van der Waals surface area contributed by atoms with Crippen LogP contribution in [0.5, 0.6) is 0 Å². The maximum absolute atomic E-state index is 13.2. The molecule has 1 N–H and O–H groups in total. The number of nitriles is 1. The van der Waals surface area contributed by atoms with Gasteiger partial charge in [-0.05, 0) is 49.7 Å². The summed E-state index contributed by atoms with van der Waals surface area (Å²) in [6, 6.07) is 14.0. The number of aromatic nitrogens is 1. The predicted octanol–water partition coefficient (Wildman–Crippen LogP) is 3.04. The Morgan fingerprint density at radius 3 is 2.50 bits per heavy atom. The summed E-state index contributed by atoms with van der Waals surface area (Å²) in [5.41, 5.74) is 1.78. The number of nitrogens with one attached hydrogen (secondary N) is 1. The fraction of sp³-hybridized carbons (Fsp3) is 0.435. The summed E-state index contributed by atoms with van der Waals surface area (Å²) in [6.45, 7) is 3.09. The first-order valence-electron chi connectivity index (χ1n) is 10.4. The molecule has 1 aromatic heterocycles. The Morgan fingerprint density at radius 1 is 1.17 bits per heavy atom. The van der Waals surface area contributed by atoms with E-state index in [4.69, 9.17) is 16.9 Å². The summed E-state index contributed by atoms with van der Waals surface area (Å²) >= 11 is 6.04. The van der Waals surface area contributed by atoms with E-state index >= 15 is 0 Å². The van der Waals surface area contributed by atoms with Gasteiger partial charge in [-0.3, -0.25) is 4.79 Å². The van der Waals surface area contributed by atoms with Crippen LogP contribution in [0, 0.1) is 17.2 Å². The molecular formula is C23H26ClN5O. The minimum absolute atomic E-state index is 0.0566. The Hall–Kier alpha value is -2.62. The monoisotopic (exact) mass is 423 g/mol. The Labute approximate surface area is 182 Å². The van der Waals surface area contributed by atoms with Gasteiger partial charge in [-0.15, -0.1) is 0 Å². The van der Waals surface area contributed by atoms with Gasteiger partial charge in [0.1, 0.15) is 11.9 Å². The molecule has 0 radical (unpaired) electrons. The highest BCUT2D eigenvalue weighted by molar-refractivity contribution is 6.30. The van der Waals surface area contributed by atoms with E-state index in [-0.39, 0.29) is 23.8 Å². The van der Waals surface area contributed by atoms with Crippen LogP contribution in [0.4, 0.5) is 5.82 Å². The molecule has 0 bridgehead atoms. The molecule has 7 heteroatoms. The highest BCUT2D eigenvalue weighted by Crippen LogP contribution is 2.31. The number of carbonyl (C=O) groups excluding carboxylic acids is 1. The van der Waals surface area contributed by atoms with Gasteiger partial charge in [0.15, 0.2) is 0 Å². The molecule has 1 amide bonds. The van der Waals surface area contributed by atoms with Crippen LogP contribution in [0.25, 0.3) is 0 Å². The van der Waals surface area contributed by atoms with Crippen molar-refractivity contribution in [3.05, 3.63) is 58.7 Å². The molecule has 2 atom stereocenters. The second-order valence-electron chi connectivity index (χ2n) is 8.07. The lowest BCUT2D eigenvalue weighted by molar-refractivity contribution is -0.135. The first-order valence-corrected chi connectivity index (χ1v) is 10.8. The van der Waals surface area contributed by atoms with Crippen LogP contribution in [-0.2, 0) is 4.79 Å². The lowest BCUT2D eigenvalue weighted by atomic mass is 9.94. The summed E-state index contributed by atoms with van der Waals surface area (Å²) in [7, 11) is 1.96. The molecule has 2 fully saturated rings. The number of pyridine rings is 1. The molecule has 1 aromatic carbocycles. The zero-order valence-electron chi connectivity index (χ0n) is 17.1. The van der Waals surface area contributed by atoms with Crippen molar-refractivity contribution in [2.75, 3.05) is 38.1 Å². The largest absolute Gasteiger partial charge is 0.357 e. The van der Waals surface area contributed by atoms with Gasteiger partial charge in [-0.25, -0.2) is 4.98 Å². The summed E-state index contributed by atoms with van der Waals surface area (Å²) in [5, 5.41) is 13.0. The number of amides is 1. The minimum atomic E-state index is 0.0566. The number of anilines is 1. The molecule has 2 aromatic rings. The molecule has 0 unspecified atom stereocenters. The van der Waals surface area contributed by atoms with Gasteiger partial charge >= 0.3 is 0 Å². The van der Waals surface area contributed by atoms with Crippen molar-refractivity contribution < 1.29 is 4.79 Å². The average molecular weight is 424 g/mol. The Balaban J connectivity index is 1.37. The lowest BCUT2D eigenvalue weighted by Crippen LogP contribution is -2.43. The van der Waals surface area contributed by atoms with Gasteiger partial charge in [-0.1, -0.05) is 23.7 Å². The molecule has 0 spiro atoms. The molecule has 2 saturated heterocycles. The zero-order valence-corrected chi connectivity index (χ0v) is 17.8. The van der Waals surface area contributed by atoms with Gasteiger partial charge in [-0.2, -0.15) is 5.26 Å². The van der Waals surface area contributed by atoms with Gasteiger partial charge in [0.05, 0.1) is 5.56 Å². The number of piperidine rings is 1. The number of hydrogen-bond acceptors (Lipinski definition) is 5. The van der Waals surface area contributed by atoms with Crippen molar-refractivity contribution in [3.8, 4) is 6.07 Å². The van der Waals surface area contributed by atoms with E-state index in [9.17, 15) is 4.79 Å². The van der Waals surface area contributed by atoms with E-state index in [2.05, 4.69) is 33.4 Å². The number of rotatable bonds is 4. The molecule has 0 saturated carbocycles. The van der Waals surface area contributed by atoms with Crippen molar-refractivity contribution in [1.29, 1.82) is 5.26 Å². The van der Waals surface area contributed by atoms with Crippen LogP contribution in [0.1, 0.15) is 29.9 Å². The third-order valence-corrected chi connectivity index (χ3v) is 6.60. The maximum Gasteiger partial charge on any atom is 0.225 e. The quantitative estimate of drug-likeness (QED) is 0.818. The number of benzene rings is 1. The Kier molecular flexibility index (Phi) is 6.21. The van der Waals surface area contributed by atoms with Gasteiger partial charge < -0.3 is 15.1 Å². The van der Waals surface area contributed by atoms with Crippen LogP contribution >= 0.6 is 11.6 Å². The summed E-state index contributed by atoms with van der Waals surface area (Å²) in [6.07, 6.45) is 3.26. The van der Waals surface area contributed by atoms with Gasteiger partial charge in [0, 0.05) is 55.3 Å². The number of hydrogen-bond donors (Lipinski definition) is 1. The number of likely N-dealkylation sites (tertiary alicyclic amines) is 1. The Bertz CT molecular complexity index is 916. The fourth-order valence-corrected chi connectivity index (χ4v) is 4.70. The Morgan fingerprint density at radius 2 is 1.90 bits per heavy atom. The second-order valence-corrected chi connectivity index (χ2v) is 8.51. The lowest BCUT2D eigenvalue weighted by Gasteiger charge is -2.34. The molecule has 2 aliphatic heterocycles. The van der Waals surface area contributed by atoms with Crippen molar-refractivity contribution in [3.63, 3.8) is 0 Å². The van der Waals surface area contributed by atoms with E-state index in [1.165, 1.54) is 5.56 Å². The van der Waals surface area contributed by atoms with Crippen molar-refractivity contribution in [1.82, 2.24) is 15.2 Å². The predicted molar refractivity (Wildman–Crippen MR) is 118 cm³/mol. The van der Waals surface area contributed by atoms with Crippen molar-refractivity contribution in [2.24, 2.45) is 5.92 Å². The highest BCUT2D eigenvalue weighted by Gasteiger charge is 2.38. The third kappa shape index (κ3) is 4.28. The van der Waals surface area contributed by atoms with Crippen LogP contribution in [0.2, 0.25) is 5.02 Å². The number of likely N-dealkylation sites (N-methyl/N-ethyl adjacent to an activating group) is 1. The summed E-state index contributed by atoms with van der Waals surface area (Å²) < 4.78 is 0. The SMILES string of the molecule is CN[C@@H]1CN(C(=O)C2CCN(c3ccc(C#N)cn3)CC2)C[C@H]1c1ccc(Cl)cc1. The maximum atomic E-state index is 13.2. The standard InChI is InChI=1S/C23H26ClN5O/c1-26-21-15-29(14-20(21)17-3-5-19(24)6-4-17)23(30)18-8-10-28(11-9-18)22-7-2-16(12-25)13-27-22/h2-7,13,18,20-21,26H,8-11,14-15H2,1H3/t20-,21+/m0/s1. The first-order chi connectivity index (χ1) is 14.6. The van der Waals surface area contributed by atoms with Crippen LogP contribution in [0.15, 0.2) is 42.6 Å². The fourth-order valence-electron chi connectivity index (χ4n) is 4.58. The molecule has 2 aliphatic rings. The van der Waals surface area contributed by atoms with E-state index in [1.54, 1.807) is 12.3 Å². The average Bonchev–Trinajstić information content (AvgIpc) is 3.24. The van der Waals surface area contributed by atoms with E-state index in [0.29, 0.717) is 5.56 Å². The van der Waals surface area contributed by atoms with E-state index in [0.717, 1.165) is 49.9 Å². The van der Waals surface area contributed by atoms with Gasteiger partial charge in [0.2, 0.25) is 5.91 Å². The van der Waals surface area contributed by atoms with E-state index < -0.39 is 0 Å². The van der Waals surface area contributed by atoms with Crippen LogP contribution < -0.4 is 10.2 Å². The zero-order chi connectivity index (χ0) is 21.1. The smallest absolute Gasteiger partial charge is 0.225 e. The van der Waals surface area contributed by atoms with Gasteiger partial charge in [0.25, 0.3) is 0 Å². The van der Waals surface area contributed by atoms with Crippen molar-refractivity contribution >= 4 is 23.3 Å². The summed E-state index contributed by atoms with van der Waals surface area (Å²) in [4.78, 5) is 21.8. The molecule has 6 nitrogen and oxygen atoms in total. The molecule has 156 valence electrons.